The van der Waals surface area contributed by atoms with Crippen molar-refractivity contribution in [3.63, 3.8) is 0 Å². The Morgan fingerprint density at radius 2 is 1.65 bits per heavy atom. The van der Waals surface area contributed by atoms with E-state index in [1.54, 1.807) is 4.90 Å². The Bertz CT molecular complexity index is 1070. The SMILES string of the molecule is CCNC(=O)[C@@H](Cc1ccccc1)N(Cc1ccc(C)cc1)C(=O)CSCc1cccc(Cl)c1. The van der Waals surface area contributed by atoms with Crippen molar-refractivity contribution in [3.05, 3.63) is 106 Å². The van der Waals surface area contributed by atoms with Crippen LogP contribution in [-0.4, -0.2) is 35.1 Å². The van der Waals surface area contributed by atoms with Crippen LogP contribution in [0.1, 0.15) is 29.2 Å². The molecule has 0 aliphatic carbocycles. The van der Waals surface area contributed by atoms with E-state index >= 15 is 0 Å². The summed E-state index contributed by atoms with van der Waals surface area (Å²) in [6, 6.07) is 25.0. The first-order valence-corrected chi connectivity index (χ1v) is 13.0. The van der Waals surface area contributed by atoms with Crippen molar-refractivity contribution in [2.75, 3.05) is 12.3 Å². The monoisotopic (exact) mass is 494 g/mol. The third kappa shape index (κ3) is 7.93. The maximum atomic E-state index is 13.5. The zero-order valence-electron chi connectivity index (χ0n) is 19.7. The first kappa shape index (κ1) is 25.9. The number of halogens is 1. The van der Waals surface area contributed by atoms with Crippen LogP contribution < -0.4 is 5.32 Å². The minimum absolute atomic E-state index is 0.0558. The number of nitrogens with one attached hydrogen (secondary N) is 1. The van der Waals surface area contributed by atoms with Gasteiger partial charge in [-0.1, -0.05) is 83.9 Å². The molecule has 0 bridgehead atoms. The number of benzene rings is 3. The summed E-state index contributed by atoms with van der Waals surface area (Å²) < 4.78 is 0. The Morgan fingerprint density at radius 1 is 0.941 bits per heavy atom. The van der Waals surface area contributed by atoms with Gasteiger partial charge in [0.1, 0.15) is 6.04 Å². The molecule has 0 aliphatic heterocycles. The lowest BCUT2D eigenvalue weighted by molar-refractivity contribution is -0.139. The molecule has 0 fully saturated rings. The summed E-state index contributed by atoms with van der Waals surface area (Å²) in [7, 11) is 0. The zero-order valence-corrected chi connectivity index (χ0v) is 21.2. The maximum Gasteiger partial charge on any atom is 0.243 e. The summed E-state index contributed by atoms with van der Waals surface area (Å²) in [5.74, 6) is 0.768. The van der Waals surface area contributed by atoms with Crippen LogP contribution in [-0.2, 0) is 28.3 Å². The lowest BCUT2D eigenvalue weighted by Crippen LogP contribution is -2.51. The van der Waals surface area contributed by atoms with Gasteiger partial charge in [0.2, 0.25) is 11.8 Å². The number of carbonyl (C=O) groups is 2. The van der Waals surface area contributed by atoms with Gasteiger partial charge in [0.05, 0.1) is 5.75 Å². The molecule has 0 saturated carbocycles. The van der Waals surface area contributed by atoms with Gasteiger partial charge in [0.25, 0.3) is 0 Å². The number of aryl methyl sites for hydroxylation is 1. The highest BCUT2D eigenvalue weighted by Crippen LogP contribution is 2.20. The second-order valence-electron chi connectivity index (χ2n) is 8.23. The summed E-state index contributed by atoms with van der Waals surface area (Å²) in [6.07, 6.45) is 0.462. The first-order valence-electron chi connectivity index (χ1n) is 11.4. The van der Waals surface area contributed by atoms with Crippen LogP contribution in [0.25, 0.3) is 0 Å². The number of hydrogen-bond acceptors (Lipinski definition) is 3. The van der Waals surface area contributed by atoms with Crippen molar-refractivity contribution < 1.29 is 9.59 Å². The van der Waals surface area contributed by atoms with Gasteiger partial charge in [0, 0.05) is 30.3 Å². The van der Waals surface area contributed by atoms with Crippen molar-refractivity contribution in [2.45, 2.75) is 38.6 Å². The molecule has 3 aromatic rings. The quantitative estimate of drug-likeness (QED) is 0.374. The van der Waals surface area contributed by atoms with Gasteiger partial charge in [-0.3, -0.25) is 9.59 Å². The molecule has 6 heteroatoms. The highest BCUT2D eigenvalue weighted by molar-refractivity contribution is 7.99. The predicted molar refractivity (Wildman–Crippen MR) is 142 cm³/mol. The van der Waals surface area contributed by atoms with Gasteiger partial charge in [-0.05, 0) is 42.7 Å². The third-order valence-electron chi connectivity index (χ3n) is 5.48. The molecule has 4 nitrogen and oxygen atoms in total. The van der Waals surface area contributed by atoms with E-state index in [0.717, 1.165) is 22.3 Å². The number of nitrogens with zero attached hydrogens (tertiary/aromatic N) is 1. The van der Waals surface area contributed by atoms with E-state index < -0.39 is 6.04 Å². The molecular formula is C28H31ClN2O2S. The smallest absolute Gasteiger partial charge is 0.243 e. The normalized spacial score (nSPS) is 11.6. The fourth-order valence-electron chi connectivity index (χ4n) is 3.70. The average molecular weight is 495 g/mol. The second kappa shape index (κ2) is 13.2. The van der Waals surface area contributed by atoms with Crippen molar-refractivity contribution in [3.8, 4) is 0 Å². The Kier molecular flexibility index (Phi) is 10.0. The summed E-state index contributed by atoms with van der Waals surface area (Å²) in [6.45, 7) is 4.82. The van der Waals surface area contributed by atoms with Crippen LogP contribution in [0.3, 0.4) is 0 Å². The molecule has 2 amide bonds. The van der Waals surface area contributed by atoms with Crippen LogP contribution in [0.2, 0.25) is 5.02 Å². The van der Waals surface area contributed by atoms with Crippen LogP contribution in [0.4, 0.5) is 0 Å². The fourth-order valence-corrected chi connectivity index (χ4v) is 4.77. The van der Waals surface area contributed by atoms with E-state index in [2.05, 4.69) is 5.32 Å². The van der Waals surface area contributed by atoms with Crippen LogP contribution in [0.15, 0.2) is 78.9 Å². The van der Waals surface area contributed by atoms with Crippen molar-refractivity contribution in [1.82, 2.24) is 10.2 Å². The molecule has 34 heavy (non-hydrogen) atoms. The highest BCUT2D eigenvalue weighted by atomic mass is 35.5. The summed E-state index contributed by atoms with van der Waals surface area (Å²) >= 11 is 7.62. The van der Waals surface area contributed by atoms with E-state index in [9.17, 15) is 9.59 Å². The van der Waals surface area contributed by atoms with E-state index in [1.165, 1.54) is 11.8 Å². The molecule has 0 radical (unpaired) electrons. The molecule has 0 heterocycles. The maximum absolute atomic E-state index is 13.5. The Labute approximate surface area is 211 Å². The van der Waals surface area contributed by atoms with Crippen molar-refractivity contribution >= 4 is 35.2 Å². The van der Waals surface area contributed by atoms with Gasteiger partial charge < -0.3 is 10.2 Å². The van der Waals surface area contributed by atoms with Gasteiger partial charge in [0.15, 0.2) is 0 Å². The van der Waals surface area contributed by atoms with E-state index in [1.807, 2.05) is 92.7 Å². The number of amides is 2. The topological polar surface area (TPSA) is 49.4 Å². The van der Waals surface area contributed by atoms with E-state index in [0.29, 0.717) is 30.3 Å². The second-order valence-corrected chi connectivity index (χ2v) is 9.65. The molecule has 0 aromatic heterocycles. The Morgan fingerprint density at radius 3 is 2.32 bits per heavy atom. The molecule has 1 N–H and O–H groups in total. The third-order valence-corrected chi connectivity index (χ3v) is 6.70. The molecule has 178 valence electrons. The fraction of sp³-hybridized carbons (Fsp3) is 0.286. The van der Waals surface area contributed by atoms with Crippen molar-refractivity contribution in [1.29, 1.82) is 0 Å². The van der Waals surface area contributed by atoms with E-state index in [-0.39, 0.29) is 17.6 Å². The summed E-state index contributed by atoms with van der Waals surface area (Å²) in [5.41, 5.74) is 4.25. The molecular weight excluding hydrogens is 464 g/mol. The van der Waals surface area contributed by atoms with E-state index in [4.69, 9.17) is 11.6 Å². The molecule has 3 rings (SSSR count). The predicted octanol–water partition coefficient (Wildman–Crippen LogP) is 5.66. The van der Waals surface area contributed by atoms with Gasteiger partial charge >= 0.3 is 0 Å². The standard InChI is InChI=1S/C28H31ClN2O2S/c1-3-30-28(33)26(17-22-8-5-4-6-9-22)31(18-23-14-12-21(2)13-15-23)27(32)20-34-19-24-10-7-11-25(29)16-24/h4-16,26H,3,17-20H2,1-2H3,(H,30,33)/t26-/m1/s1. The number of likely N-dealkylation sites (N-methyl/N-ethyl adjacent to an activating group) is 1. The molecule has 0 spiro atoms. The minimum Gasteiger partial charge on any atom is -0.355 e. The number of hydrogen-bond donors (Lipinski definition) is 1. The van der Waals surface area contributed by atoms with Gasteiger partial charge in [-0.15, -0.1) is 11.8 Å². The highest BCUT2D eigenvalue weighted by Gasteiger charge is 2.30. The van der Waals surface area contributed by atoms with Gasteiger partial charge in [-0.2, -0.15) is 0 Å². The Hall–Kier alpha value is -2.76. The van der Waals surface area contributed by atoms with Crippen molar-refractivity contribution in [2.24, 2.45) is 0 Å². The number of rotatable bonds is 11. The minimum atomic E-state index is -0.595. The van der Waals surface area contributed by atoms with Crippen LogP contribution >= 0.6 is 23.4 Å². The van der Waals surface area contributed by atoms with Gasteiger partial charge in [-0.25, -0.2) is 0 Å². The van der Waals surface area contributed by atoms with Crippen LogP contribution in [0, 0.1) is 6.92 Å². The molecule has 1 atom stereocenters. The largest absolute Gasteiger partial charge is 0.355 e. The molecule has 3 aromatic carbocycles. The summed E-state index contributed by atoms with van der Waals surface area (Å²) in [4.78, 5) is 28.4. The lowest BCUT2D eigenvalue weighted by atomic mass is 10.0. The van der Waals surface area contributed by atoms with Crippen LogP contribution in [0.5, 0.6) is 0 Å². The zero-order chi connectivity index (χ0) is 24.3. The molecule has 0 aliphatic rings. The number of thioether (sulfide) groups is 1. The summed E-state index contributed by atoms with van der Waals surface area (Å²) in [5, 5.41) is 3.61. The average Bonchev–Trinajstić information content (AvgIpc) is 2.83. The first-order chi connectivity index (χ1) is 16.5. The molecule has 0 unspecified atom stereocenters. The lowest BCUT2D eigenvalue weighted by Gasteiger charge is -2.31. The Balaban J connectivity index is 1.81. The molecule has 0 saturated heterocycles. The number of carbonyl (C=O) groups excluding carboxylic acids is 2.